The van der Waals surface area contributed by atoms with Gasteiger partial charge < -0.3 is 15.0 Å². The minimum absolute atomic E-state index is 0.608. The van der Waals surface area contributed by atoms with Crippen molar-refractivity contribution in [2.24, 2.45) is 0 Å². The topological polar surface area (TPSA) is 63.2 Å². The second-order valence-corrected chi connectivity index (χ2v) is 7.09. The molecule has 6 heteroatoms. The van der Waals surface area contributed by atoms with E-state index in [0.29, 0.717) is 11.8 Å². The molecule has 30 heavy (non-hydrogen) atoms. The van der Waals surface area contributed by atoms with Gasteiger partial charge in [0, 0.05) is 17.9 Å². The monoisotopic (exact) mass is 395 g/mol. The van der Waals surface area contributed by atoms with Gasteiger partial charge in [0.25, 0.3) is 5.95 Å². The molecule has 0 bridgehead atoms. The van der Waals surface area contributed by atoms with Gasteiger partial charge in [-0.05, 0) is 60.9 Å². The summed E-state index contributed by atoms with van der Waals surface area (Å²) >= 11 is 0. The summed E-state index contributed by atoms with van der Waals surface area (Å²) in [5, 5.41) is 11.7. The van der Waals surface area contributed by atoms with Gasteiger partial charge in [0.1, 0.15) is 11.5 Å². The van der Waals surface area contributed by atoms with Crippen LogP contribution in [0.15, 0.2) is 85.1 Å². The SMILES string of the molecule is c1ccc(Oc2ccc(Nc3cnnc(N4CCCc5ccccc54)n3)cc2)cc1. The zero-order valence-corrected chi connectivity index (χ0v) is 16.4. The Balaban J connectivity index is 1.32. The second kappa shape index (κ2) is 8.21. The molecule has 2 heterocycles. The normalized spacial score (nSPS) is 12.9. The predicted octanol–water partition coefficient (Wildman–Crippen LogP) is 5.49. The Labute approximate surface area is 175 Å². The number of hydrogen-bond acceptors (Lipinski definition) is 6. The highest BCUT2D eigenvalue weighted by Gasteiger charge is 2.20. The van der Waals surface area contributed by atoms with E-state index in [9.17, 15) is 0 Å². The van der Waals surface area contributed by atoms with Crippen LogP contribution in [-0.2, 0) is 6.42 Å². The minimum Gasteiger partial charge on any atom is -0.457 e. The van der Waals surface area contributed by atoms with Crippen LogP contribution in [0.2, 0.25) is 0 Å². The molecule has 0 saturated carbocycles. The molecule has 0 atom stereocenters. The molecule has 0 radical (unpaired) electrons. The Kier molecular flexibility index (Phi) is 4.96. The van der Waals surface area contributed by atoms with Crippen LogP contribution in [-0.4, -0.2) is 21.7 Å². The lowest BCUT2D eigenvalue weighted by Gasteiger charge is -2.29. The lowest BCUT2D eigenvalue weighted by Crippen LogP contribution is -2.26. The Morgan fingerprint density at radius 2 is 1.60 bits per heavy atom. The van der Waals surface area contributed by atoms with Crippen molar-refractivity contribution in [1.29, 1.82) is 0 Å². The third kappa shape index (κ3) is 3.93. The zero-order chi connectivity index (χ0) is 20.2. The van der Waals surface area contributed by atoms with E-state index in [1.807, 2.05) is 60.7 Å². The summed E-state index contributed by atoms with van der Waals surface area (Å²) in [6.45, 7) is 0.883. The van der Waals surface area contributed by atoms with E-state index in [1.54, 1.807) is 6.20 Å². The highest BCUT2D eigenvalue weighted by molar-refractivity contribution is 5.65. The molecule has 5 rings (SSSR count). The van der Waals surface area contributed by atoms with Gasteiger partial charge in [-0.15, -0.1) is 5.10 Å². The lowest BCUT2D eigenvalue weighted by molar-refractivity contribution is 0.483. The van der Waals surface area contributed by atoms with Crippen molar-refractivity contribution >= 4 is 23.1 Å². The molecule has 0 saturated heterocycles. The van der Waals surface area contributed by atoms with E-state index in [0.717, 1.165) is 42.3 Å². The van der Waals surface area contributed by atoms with Crippen molar-refractivity contribution in [3.8, 4) is 11.5 Å². The second-order valence-electron chi connectivity index (χ2n) is 7.09. The van der Waals surface area contributed by atoms with Crippen LogP contribution in [0.5, 0.6) is 11.5 Å². The molecule has 6 nitrogen and oxygen atoms in total. The van der Waals surface area contributed by atoms with E-state index in [-0.39, 0.29) is 0 Å². The molecule has 4 aromatic rings. The quantitative estimate of drug-likeness (QED) is 0.482. The van der Waals surface area contributed by atoms with E-state index < -0.39 is 0 Å². The summed E-state index contributed by atoms with van der Waals surface area (Å²) < 4.78 is 5.84. The molecule has 0 fully saturated rings. The summed E-state index contributed by atoms with van der Waals surface area (Å²) in [5.74, 6) is 2.85. The number of fused-ring (bicyclic) bond motifs is 1. The van der Waals surface area contributed by atoms with Crippen molar-refractivity contribution in [2.75, 3.05) is 16.8 Å². The van der Waals surface area contributed by atoms with Crippen molar-refractivity contribution < 1.29 is 4.74 Å². The first-order valence-electron chi connectivity index (χ1n) is 10.0. The number of benzene rings is 3. The third-order valence-corrected chi connectivity index (χ3v) is 5.00. The third-order valence-electron chi connectivity index (χ3n) is 5.00. The molecule has 1 N–H and O–H groups in total. The summed E-state index contributed by atoms with van der Waals surface area (Å²) in [4.78, 5) is 6.82. The average Bonchev–Trinajstić information content (AvgIpc) is 2.81. The molecular weight excluding hydrogens is 374 g/mol. The van der Waals surface area contributed by atoms with E-state index in [2.05, 4.69) is 38.6 Å². The maximum Gasteiger partial charge on any atom is 0.251 e. The molecule has 0 amide bonds. The van der Waals surface area contributed by atoms with Gasteiger partial charge in [0.05, 0.1) is 6.20 Å². The van der Waals surface area contributed by atoms with Gasteiger partial charge in [0.15, 0.2) is 5.82 Å². The fraction of sp³-hybridized carbons (Fsp3) is 0.125. The highest BCUT2D eigenvalue weighted by atomic mass is 16.5. The van der Waals surface area contributed by atoms with Crippen LogP contribution in [0.4, 0.5) is 23.1 Å². The van der Waals surface area contributed by atoms with E-state index in [1.165, 1.54) is 5.56 Å². The van der Waals surface area contributed by atoms with Crippen LogP contribution < -0.4 is 15.0 Å². The minimum atomic E-state index is 0.608. The Morgan fingerprint density at radius 1 is 0.833 bits per heavy atom. The number of anilines is 4. The van der Waals surface area contributed by atoms with Crippen molar-refractivity contribution in [3.63, 3.8) is 0 Å². The van der Waals surface area contributed by atoms with Gasteiger partial charge in [-0.25, -0.2) is 0 Å². The Hall–Kier alpha value is -3.93. The van der Waals surface area contributed by atoms with E-state index in [4.69, 9.17) is 9.72 Å². The number of para-hydroxylation sites is 2. The molecule has 0 unspecified atom stereocenters. The molecular formula is C24H21N5O. The number of aryl methyl sites for hydroxylation is 1. The summed E-state index contributed by atoms with van der Waals surface area (Å²) in [6.07, 6.45) is 3.78. The highest BCUT2D eigenvalue weighted by Crippen LogP contribution is 2.31. The fourth-order valence-corrected chi connectivity index (χ4v) is 3.59. The molecule has 1 aromatic heterocycles. The van der Waals surface area contributed by atoms with Gasteiger partial charge in [-0.2, -0.15) is 10.1 Å². The molecule has 0 spiro atoms. The van der Waals surface area contributed by atoms with Crippen LogP contribution in [0.25, 0.3) is 0 Å². The molecule has 148 valence electrons. The standard InChI is InChI=1S/C24H21N5O/c1-2-9-20(10-3-1)30-21-14-12-19(13-15-21)26-23-17-25-28-24(27-23)29-16-6-8-18-7-4-5-11-22(18)29/h1-5,7,9-15,17H,6,8,16H2,(H,26,27,28). The zero-order valence-electron chi connectivity index (χ0n) is 16.4. The maximum absolute atomic E-state index is 5.84. The van der Waals surface area contributed by atoms with Crippen LogP contribution in [0.3, 0.4) is 0 Å². The largest absolute Gasteiger partial charge is 0.457 e. The Bertz CT molecular complexity index is 1130. The van der Waals surface area contributed by atoms with Gasteiger partial charge in [0.2, 0.25) is 0 Å². The number of rotatable bonds is 5. The summed E-state index contributed by atoms with van der Waals surface area (Å²) in [7, 11) is 0. The lowest BCUT2D eigenvalue weighted by atomic mass is 10.0. The summed E-state index contributed by atoms with van der Waals surface area (Å²) in [5.41, 5.74) is 3.38. The fourth-order valence-electron chi connectivity index (χ4n) is 3.59. The molecule has 3 aromatic carbocycles. The number of nitrogens with zero attached hydrogens (tertiary/aromatic N) is 4. The first-order chi connectivity index (χ1) is 14.8. The van der Waals surface area contributed by atoms with Crippen LogP contribution in [0.1, 0.15) is 12.0 Å². The van der Waals surface area contributed by atoms with Crippen molar-refractivity contribution in [2.45, 2.75) is 12.8 Å². The van der Waals surface area contributed by atoms with Crippen molar-refractivity contribution in [1.82, 2.24) is 15.2 Å². The predicted molar refractivity (Wildman–Crippen MR) is 118 cm³/mol. The smallest absolute Gasteiger partial charge is 0.251 e. The number of ether oxygens (including phenoxy) is 1. The van der Waals surface area contributed by atoms with Crippen LogP contribution in [0, 0.1) is 0 Å². The number of aromatic nitrogens is 3. The first-order valence-corrected chi connectivity index (χ1v) is 10.0. The van der Waals surface area contributed by atoms with Gasteiger partial charge >= 0.3 is 0 Å². The van der Waals surface area contributed by atoms with Gasteiger partial charge in [-0.3, -0.25) is 0 Å². The number of hydrogen-bond donors (Lipinski definition) is 1. The number of nitrogens with one attached hydrogen (secondary N) is 1. The Morgan fingerprint density at radius 3 is 2.47 bits per heavy atom. The van der Waals surface area contributed by atoms with Crippen molar-refractivity contribution in [3.05, 3.63) is 90.6 Å². The average molecular weight is 395 g/mol. The van der Waals surface area contributed by atoms with Crippen LogP contribution >= 0.6 is 0 Å². The molecule has 1 aliphatic heterocycles. The summed E-state index contributed by atoms with van der Waals surface area (Å²) in [6, 6.07) is 25.9. The molecule has 1 aliphatic rings. The maximum atomic E-state index is 5.84. The van der Waals surface area contributed by atoms with E-state index >= 15 is 0 Å². The first kappa shape index (κ1) is 18.1. The molecule has 0 aliphatic carbocycles. The van der Waals surface area contributed by atoms with Gasteiger partial charge in [-0.1, -0.05) is 36.4 Å².